The van der Waals surface area contributed by atoms with E-state index in [4.69, 9.17) is 0 Å². The van der Waals surface area contributed by atoms with Crippen LogP contribution in [0.25, 0.3) is 0 Å². The van der Waals surface area contributed by atoms with Crippen LogP contribution in [-0.2, 0) is 4.79 Å². The number of hydrogen-bond acceptors (Lipinski definition) is 3. The molecular weight excluding hydrogens is 116 g/mol. The third-order valence-electron chi connectivity index (χ3n) is 0.859. The van der Waals surface area contributed by atoms with E-state index in [1.54, 1.807) is 18.5 Å². The molecule has 0 aromatic rings. The van der Waals surface area contributed by atoms with Gasteiger partial charge in [-0.1, -0.05) is 0 Å². The highest BCUT2D eigenvalue weighted by Gasteiger charge is 1.88. The number of aliphatic imine (C=N–C) groups is 1. The molecule has 0 spiro atoms. The fourth-order valence-corrected chi connectivity index (χ4v) is 0.462. The molecule has 0 unspecified atom stereocenters. The van der Waals surface area contributed by atoms with E-state index in [0.717, 1.165) is 0 Å². The Hall–Kier alpha value is -1.38. The first-order chi connectivity index (χ1) is 4.43. The molecule has 1 heterocycles. The number of rotatable bonds is 1. The summed E-state index contributed by atoms with van der Waals surface area (Å²) in [5.74, 6) is 0. The molecule has 9 heavy (non-hydrogen) atoms. The van der Waals surface area contributed by atoms with E-state index in [0.29, 0.717) is 12.0 Å². The van der Waals surface area contributed by atoms with Crippen LogP contribution in [0.2, 0.25) is 0 Å². The van der Waals surface area contributed by atoms with Crippen LogP contribution in [0.3, 0.4) is 0 Å². The van der Waals surface area contributed by atoms with Gasteiger partial charge in [-0.15, -0.1) is 0 Å². The summed E-state index contributed by atoms with van der Waals surface area (Å²) >= 11 is 0. The first kappa shape index (κ1) is 5.75. The molecule has 0 aliphatic carbocycles. The minimum Gasteiger partial charge on any atom is -0.358 e. The van der Waals surface area contributed by atoms with Gasteiger partial charge in [-0.25, -0.2) is 0 Å². The van der Waals surface area contributed by atoms with Crippen LogP contribution in [0.1, 0.15) is 0 Å². The number of allylic oxidation sites excluding steroid dienone is 2. The van der Waals surface area contributed by atoms with Gasteiger partial charge in [-0.2, -0.15) is 0 Å². The third kappa shape index (κ3) is 1.53. The molecule has 1 N–H and O–H groups in total. The van der Waals surface area contributed by atoms with Crippen molar-refractivity contribution in [3.05, 3.63) is 24.2 Å². The highest BCUT2D eigenvalue weighted by Crippen LogP contribution is 1.87. The predicted octanol–water partition coefficient (Wildman–Crippen LogP) is 0.214. The van der Waals surface area contributed by atoms with Gasteiger partial charge in [0, 0.05) is 12.4 Å². The average molecular weight is 122 g/mol. The Morgan fingerprint density at radius 2 is 2.56 bits per heavy atom. The number of nitrogens with zero attached hydrogens (tertiary/aromatic N) is 1. The maximum atomic E-state index is 10.1. The van der Waals surface area contributed by atoms with Gasteiger partial charge in [0.2, 0.25) is 0 Å². The molecule has 0 amide bonds. The van der Waals surface area contributed by atoms with E-state index in [9.17, 15) is 4.79 Å². The molecule has 0 saturated heterocycles. The van der Waals surface area contributed by atoms with E-state index in [1.807, 2.05) is 0 Å². The van der Waals surface area contributed by atoms with Crippen molar-refractivity contribution in [2.45, 2.75) is 0 Å². The molecule has 0 saturated carbocycles. The summed E-state index contributed by atoms with van der Waals surface area (Å²) in [6, 6.07) is 0. The predicted molar refractivity (Wildman–Crippen MR) is 34.9 cm³/mol. The van der Waals surface area contributed by atoms with Crippen LogP contribution in [0.15, 0.2) is 29.2 Å². The first-order valence-corrected chi connectivity index (χ1v) is 2.53. The van der Waals surface area contributed by atoms with Gasteiger partial charge in [-0.3, -0.25) is 9.79 Å². The quantitative estimate of drug-likeness (QED) is 0.505. The lowest BCUT2D eigenvalue weighted by atomic mass is 10.5. The lowest BCUT2D eigenvalue weighted by Crippen LogP contribution is -2.03. The number of carbonyl (C=O) groups excluding carboxylic acids is 1. The highest BCUT2D eigenvalue weighted by atomic mass is 16.1. The van der Waals surface area contributed by atoms with Gasteiger partial charge >= 0.3 is 0 Å². The minimum absolute atomic E-state index is 0.472. The Morgan fingerprint density at radius 1 is 1.67 bits per heavy atom. The summed E-state index contributed by atoms with van der Waals surface area (Å²) in [5.41, 5.74) is 0.472. The molecule has 0 radical (unpaired) electrons. The zero-order valence-electron chi connectivity index (χ0n) is 4.74. The molecule has 46 valence electrons. The maximum absolute atomic E-state index is 10.1. The van der Waals surface area contributed by atoms with Crippen LogP contribution >= 0.6 is 0 Å². The molecule has 1 aliphatic rings. The molecule has 3 nitrogen and oxygen atoms in total. The standard InChI is InChI=1S/C6H6N2O/c9-5-6-4-7-2-1-3-8-6/h1-5,8H. The van der Waals surface area contributed by atoms with Gasteiger partial charge in [0.1, 0.15) is 0 Å². The lowest BCUT2D eigenvalue weighted by molar-refractivity contribution is -0.105. The molecule has 1 aliphatic heterocycles. The van der Waals surface area contributed by atoms with E-state index in [-0.39, 0.29) is 0 Å². The molecule has 3 heteroatoms. The minimum atomic E-state index is 0.472. The third-order valence-corrected chi connectivity index (χ3v) is 0.859. The summed E-state index contributed by atoms with van der Waals surface area (Å²) < 4.78 is 0. The Labute approximate surface area is 52.8 Å². The fourth-order valence-electron chi connectivity index (χ4n) is 0.462. The van der Waals surface area contributed by atoms with Gasteiger partial charge in [-0.05, 0) is 6.08 Å². The maximum Gasteiger partial charge on any atom is 0.167 e. The van der Waals surface area contributed by atoms with Crippen molar-refractivity contribution in [1.82, 2.24) is 5.32 Å². The highest BCUT2D eigenvalue weighted by molar-refractivity contribution is 5.77. The summed E-state index contributed by atoms with van der Waals surface area (Å²) in [4.78, 5) is 13.8. The molecule has 1 rings (SSSR count). The Bertz CT molecular complexity index is 191. The first-order valence-electron chi connectivity index (χ1n) is 2.53. The smallest absolute Gasteiger partial charge is 0.167 e. The molecule has 0 aromatic heterocycles. The molecule has 0 bridgehead atoms. The van der Waals surface area contributed by atoms with Crippen molar-refractivity contribution < 1.29 is 4.79 Å². The molecule has 0 aromatic carbocycles. The second-order valence-electron chi connectivity index (χ2n) is 1.50. The zero-order chi connectivity index (χ0) is 6.53. The van der Waals surface area contributed by atoms with Gasteiger partial charge < -0.3 is 5.32 Å². The van der Waals surface area contributed by atoms with E-state index >= 15 is 0 Å². The fraction of sp³-hybridized carbons (Fsp3) is 0. The normalized spacial score (nSPS) is 15.8. The van der Waals surface area contributed by atoms with Crippen molar-refractivity contribution in [2.24, 2.45) is 4.99 Å². The molecule has 0 fully saturated rings. The van der Waals surface area contributed by atoms with E-state index in [2.05, 4.69) is 10.3 Å². The van der Waals surface area contributed by atoms with Crippen LogP contribution < -0.4 is 5.32 Å². The summed E-state index contributed by atoms with van der Waals surface area (Å²) in [6.45, 7) is 0. The van der Waals surface area contributed by atoms with Gasteiger partial charge in [0.25, 0.3) is 0 Å². The summed E-state index contributed by atoms with van der Waals surface area (Å²) in [7, 11) is 0. The molecule has 0 atom stereocenters. The van der Waals surface area contributed by atoms with E-state index in [1.165, 1.54) is 6.20 Å². The monoisotopic (exact) mass is 122 g/mol. The van der Waals surface area contributed by atoms with Crippen LogP contribution in [0, 0.1) is 0 Å². The number of hydrogen-bond donors (Lipinski definition) is 1. The SMILES string of the molecule is O=CC1=CN=CC=CN1. The second kappa shape index (κ2) is 2.81. The molecular formula is C6H6N2O. The van der Waals surface area contributed by atoms with Crippen LogP contribution in [0.4, 0.5) is 0 Å². The van der Waals surface area contributed by atoms with Gasteiger partial charge in [0.15, 0.2) is 6.29 Å². The lowest BCUT2D eigenvalue weighted by Gasteiger charge is -1.90. The zero-order valence-corrected chi connectivity index (χ0v) is 4.74. The van der Waals surface area contributed by atoms with Crippen molar-refractivity contribution in [1.29, 1.82) is 0 Å². The van der Waals surface area contributed by atoms with Crippen molar-refractivity contribution >= 4 is 12.5 Å². The Balaban J connectivity index is 2.73. The van der Waals surface area contributed by atoms with Crippen LogP contribution in [0.5, 0.6) is 0 Å². The van der Waals surface area contributed by atoms with E-state index < -0.39 is 0 Å². The van der Waals surface area contributed by atoms with Crippen molar-refractivity contribution in [3.63, 3.8) is 0 Å². The Kier molecular flexibility index (Phi) is 1.80. The summed E-state index contributed by atoms with van der Waals surface area (Å²) in [5, 5.41) is 2.72. The largest absolute Gasteiger partial charge is 0.358 e. The van der Waals surface area contributed by atoms with Crippen molar-refractivity contribution in [3.8, 4) is 0 Å². The number of carbonyl (C=O) groups is 1. The number of nitrogens with one attached hydrogen (secondary N) is 1. The summed E-state index contributed by atoms with van der Waals surface area (Å²) in [6.07, 6.45) is 7.15. The topological polar surface area (TPSA) is 41.5 Å². The van der Waals surface area contributed by atoms with Gasteiger partial charge in [0.05, 0.1) is 11.9 Å². The Morgan fingerprint density at radius 3 is 3.33 bits per heavy atom. The number of aldehydes is 1. The average Bonchev–Trinajstić information content (AvgIpc) is 2.13. The van der Waals surface area contributed by atoms with Crippen LogP contribution in [-0.4, -0.2) is 12.5 Å². The van der Waals surface area contributed by atoms with Crippen molar-refractivity contribution in [2.75, 3.05) is 0 Å². The second-order valence-corrected chi connectivity index (χ2v) is 1.50.